The molecule has 1 fully saturated rings. The molecule has 0 saturated carbocycles. The maximum absolute atomic E-state index is 11.3. The summed E-state index contributed by atoms with van der Waals surface area (Å²) in [5.41, 5.74) is 0. The molecule has 0 spiro atoms. The van der Waals surface area contributed by atoms with Crippen LogP contribution in [-0.2, 0) is 42.9 Å². The van der Waals surface area contributed by atoms with Gasteiger partial charge in [-0.3, -0.25) is 19.2 Å². The third-order valence-corrected chi connectivity index (χ3v) is 2.97. The molecule has 0 aromatic heterocycles. The second-order valence-electron chi connectivity index (χ2n) is 5.09. The fourth-order valence-corrected chi connectivity index (χ4v) is 2.21. The van der Waals surface area contributed by atoms with Crippen molar-refractivity contribution in [3.8, 4) is 0 Å². The number of ether oxygens (including phenoxy) is 5. The second-order valence-corrected chi connectivity index (χ2v) is 5.09. The minimum atomic E-state index is -1.68. The van der Waals surface area contributed by atoms with E-state index in [0.29, 0.717) is 0 Å². The van der Waals surface area contributed by atoms with Gasteiger partial charge in [0.05, 0.1) is 0 Å². The van der Waals surface area contributed by atoms with E-state index in [1.165, 1.54) is 0 Å². The zero-order valence-corrected chi connectivity index (χ0v) is 13.7. The molecule has 5 atom stereocenters. The molecule has 0 aliphatic carbocycles. The Kier molecular flexibility index (Phi) is 7.11. The molecule has 0 amide bonds. The highest BCUT2D eigenvalue weighted by Gasteiger charge is 2.51. The Balaban J connectivity index is 3.11. The normalized spacial score (nSPS) is 29.3. The van der Waals surface area contributed by atoms with E-state index in [-0.39, 0.29) is 6.61 Å². The van der Waals surface area contributed by atoms with Crippen molar-refractivity contribution >= 4 is 23.9 Å². The molecule has 0 aromatic carbocycles. The van der Waals surface area contributed by atoms with Crippen molar-refractivity contribution in [2.45, 2.75) is 58.4 Å². The lowest BCUT2D eigenvalue weighted by atomic mass is 9.98. The first-order valence-electron chi connectivity index (χ1n) is 7.10. The number of carbonyl (C=O) groups is 4. The van der Waals surface area contributed by atoms with Crippen molar-refractivity contribution in [1.82, 2.24) is 0 Å². The second kappa shape index (κ2) is 8.60. The lowest BCUT2D eigenvalue weighted by molar-refractivity contribution is -0.296. The summed E-state index contributed by atoms with van der Waals surface area (Å²) in [7, 11) is 0. The summed E-state index contributed by atoms with van der Waals surface area (Å²) < 4.78 is 25.0. The average molecular weight is 348 g/mol. The van der Waals surface area contributed by atoms with Gasteiger partial charge in [-0.1, -0.05) is 0 Å². The Bertz CT molecular complexity index is 502. The number of aliphatic hydroxyl groups is 1. The highest BCUT2D eigenvalue weighted by molar-refractivity contribution is 5.68. The number of carbonyl (C=O) groups excluding carboxylic acids is 4. The number of rotatable bonds is 5. The molecule has 0 bridgehead atoms. The van der Waals surface area contributed by atoms with Crippen LogP contribution in [0.4, 0.5) is 0 Å². The molecule has 2 unspecified atom stereocenters. The van der Waals surface area contributed by atoms with Crippen molar-refractivity contribution < 1.29 is 48.0 Å². The first-order chi connectivity index (χ1) is 11.1. The van der Waals surface area contributed by atoms with Gasteiger partial charge in [0, 0.05) is 27.7 Å². The number of aliphatic hydroxyl groups excluding tert-OH is 1. The Hall–Kier alpha value is -2.20. The molecule has 1 N–H and O–H groups in total. The van der Waals surface area contributed by atoms with E-state index in [1.807, 2.05) is 0 Å². The van der Waals surface area contributed by atoms with Crippen molar-refractivity contribution in [2.24, 2.45) is 0 Å². The monoisotopic (exact) mass is 348 g/mol. The van der Waals surface area contributed by atoms with Crippen molar-refractivity contribution in [1.29, 1.82) is 0 Å². The van der Waals surface area contributed by atoms with Crippen molar-refractivity contribution in [2.75, 3.05) is 6.61 Å². The molecule has 136 valence electrons. The van der Waals surface area contributed by atoms with Gasteiger partial charge in [0.1, 0.15) is 12.7 Å². The molecule has 24 heavy (non-hydrogen) atoms. The molecule has 10 nitrogen and oxygen atoms in total. The summed E-state index contributed by atoms with van der Waals surface area (Å²) in [5, 5.41) is 10.0. The van der Waals surface area contributed by atoms with Crippen LogP contribution in [0.25, 0.3) is 0 Å². The highest BCUT2D eigenvalue weighted by atomic mass is 16.7. The molecule has 1 heterocycles. The quantitative estimate of drug-likeness (QED) is 0.490. The average Bonchev–Trinajstić information content (AvgIpc) is 2.42. The number of hydrogen-bond donors (Lipinski definition) is 1. The molecule has 10 heteroatoms. The van der Waals surface area contributed by atoms with Crippen LogP contribution >= 0.6 is 0 Å². The molecule has 0 radical (unpaired) electrons. The van der Waals surface area contributed by atoms with Gasteiger partial charge in [-0.05, 0) is 0 Å². The van der Waals surface area contributed by atoms with Gasteiger partial charge < -0.3 is 28.8 Å². The Morgan fingerprint density at radius 2 is 1.25 bits per heavy atom. The predicted octanol–water partition coefficient (Wildman–Crippen LogP) is -0.938. The van der Waals surface area contributed by atoms with Gasteiger partial charge in [-0.25, -0.2) is 0 Å². The van der Waals surface area contributed by atoms with Gasteiger partial charge in [0.2, 0.25) is 0 Å². The smallest absolute Gasteiger partial charge is 0.303 e. The van der Waals surface area contributed by atoms with E-state index in [0.717, 1.165) is 27.7 Å². The summed E-state index contributed by atoms with van der Waals surface area (Å²) in [6.07, 6.45) is -6.79. The van der Waals surface area contributed by atoms with Gasteiger partial charge in [0.15, 0.2) is 24.6 Å². The van der Waals surface area contributed by atoms with Crippen LogP contribution < -0.4 is 0 Å². The number of hydrogen-bond acceptors (Lipinski definition) is 10. The Labute approximate surface area is 137 Å². The molecule has 1 saturated heterocycles. The standard InChI is InChI=1S/C14H20O10/c1-6(15)20-5-10-11(21-7(2)16)12(22-8(3)17)13(14(19)24-10)23-9(4)18/h10-14,19H,5H2,1-4H3/t10?,11-,12+,13?,14+/m0/s1. The fourth-order valence-electron chi connectivity index (χ4n) is 2.21. The van der Waals surface area contributed by atoms with Crippen LogP contribution in [0, 0.1) is 0 Å². The van der Waals surface area contributed by atoms with E-state index in [9.17, 15) is 24.3 Å². The van der Waals surface area contributed by atoms with E-state index in [1.54, 1.807) is 0 Å². The lowest BCUT2D eigenvalue weighted by Crippen LogP contribution is -2.62. The van der Waals surface area contributed by atoms with Crippen LogP contribution in [0.2, 0.25) is 0 Å². The van der Waals surface area contributed by atoms with Gasteiger partial charge in [-0.15, -0.1) is 0 Å². The van der Waals surface area contributed by atoms with E-state index >= 15 is 0 Å². The van der Waals surface area contributed by atoms with Crippen molar-refractivity contribution in [3.05, 3.63) is 0 Å². The number of esters is 4. The molecular weight excluding hydrogens is 328 g/mol. The molecule has 1 aliphatic heterocycles. The van der Waals surface area contributed by atoms with Crippen LogP contribution in [0.1, 0.15) is 27.7 Å². The SMILES string of the molecule is CC(=O)OCC1O[C@@H](O)C(OC(C)=O)[C@H](OC(C)=O)[C@H]1OC(C)=O. The van der Waals surface area contributed by atoms with Crippen LogP contribution in [0.5, 0.6) is 0 Å². The van der Waals surface area contributed by atoms with Gasteiger partial charge >= 0.3 is 23.9 Å². The maximum Gasteiger partial charge on any atom is 0.303 e. The summed E-state index contributed by atoms with van der Waals surface area (Å²) in [6, 6.07) is 0. The fraction of sp³-hybridized carbons (Fsp3) is 0.714. The maximum atomic E-state index is 11.3. The summed E-state index contributed by atoms with van der Waals surface area (Å²) in [6.45, 7) is 4.09. The van der Waals surface area contributed by atoms with Gasteiger partial charge in [-0.2, -0.15) is 0 Å². The van der Waals surface area contributed by atoms with E-state index < -0.39 is 54.6 Å². The molecular formula is C14H20O10. The third-order valence-electron chi connectivity index (χ3n) is 2.97. The summed E-state index contributed by atoms with van der Waals surface area (Å²) in [4.78, 5) is 44.9. The van der Waals surface area contributed by atoms with Crippen molar-refractivity contribution in [3.63, 3.8) is 0 Å². The first-order valence-corrected chi connectivity index (χ1v) is 7.10. The minimum Gasteiger partial charge on any atom is -0.463 e. The van der Waals surface area contributed by atoms with Crippen LogP contribution in [-0.4, -0.2) is 66.3 Å². The highest BCUT2D eigenvalue weighted by Crippen LogP contribution is 2.28. The zero-order chi connectivity index (χ0) is 18.4. The summed E-state index contributed by atoms with van der Waals surface area (Å²) in [5.74, 6) is -2.87. The van der Waals surface area contributed by atoms with Crippen LogP contribution in [0.3, 0.4) is 0 Å². The third kappa shape index (κ3) is 5.78. The molecule has 1 rings (SSSR count). The first kappa shape index (κ1) is 19.8. The van der Waals surface area contributed by atoms with Gasteiger partial charge in [0.25, 0.3) is 0 Å². The molecule has 1 aliphatic rings. The van der Waals surface area contributed by atoms with E-state index in [4.69, 9.17) is 23.7 Å². The Morgan fingerprint density at radius 1 is 0.792 bits per heavy atom. The van der Waals surface area contributed by atoms with Crippen LogP contribution in [0.15, 0.2) is 0 Å². The Morgan fingerprint density at radius 3 is 1.71 bits per heavy atom. The summed E-state index contributed by atoms with van der Waals surface area (Å²) >= 11 is 0. The molecule has 0 aromatic rings. The zero-order valence-electron chi connectivity index (χ0n) is 13.7. The largest absolute Gasteiger partial charge is 0.463 e. The minimum absolute atomic E-state index is 0.366. The lowest BCUT2D eigenvalue weighted by Gasteiger charge is -2.42. The van der Waals surface area contributed by atoms with E-state index in [2.05, 4.69) is 0 Å². The predicted molar refractivity (Wildman–Crippen MR) is 74.2 cm³/mol. The topological polar surface area (TPSA) is 135 Å².